The molecule has 3 nitrogen and oxygen atoms in total. The summed E-state index contributed by atoms with van der Waals surface area (Å²) in [6.45, 7) is 6.86. The molecule has 13 heavy (non-hydrogen) atoms. The summed E-state index contributed by atoms with van der Waals surface area (Å²) in [6.07, 6.45) is 1.26. The van der Waals surface area contributed by atoms with E-state index >= 15 is 0 Å². The van der Waals surface area contributed by atoms with Gasteiger partial charge in [-0.05, 0) is 33.0 Å². The molecule has 2 N–H and O–H groups in total. The maximum absolute atomic E-state index is 6.02. The smallest absolute Gasteiger partial charge is 0.0194 e. The molecule has 3 heteroatoms. The monoisotopic (exact) mass is 185 g/mol. The minimum Gasteiger partial charge on any atom is -0.326 e. The Morgan fingerprint density at radius 2 is 2.15 bits per heavy atom. The Morgan fingerprint density at radius 1 is 1.46 bits per heavy atom. The van der Waals surface area contributed by atoms with E-state index in [1.165, 1.54) is 13.0 Å². The van der Waals surface area contributed by atoms with Gasteiger partial charge in [0.25, 0.3) is 0 Å². The Bertz CT molecular complexity index is 147. The van der Waals surface area contributed by atoms with E-state index < -0.39 is 0 Å². The van der Waals surface area contributed by atoms with Crippen LogP contribution in [-0.4, -0.2) is 56.1 Å². The van der Waals surface area contributed by atoms with Gasteiger partial charge in [0.1, 0.15) is 0 Å². The van der Waals surface area contributed by atoms with Crippen LogP contribution in [0.1, 0.15) is 13.3 Å². The Morgan fingerprint density at radius 3 is 2.69 bits per heavy atom. The first-order valence-electron chi connectivity index (χ1n) is 5.22. The summed E-state index contributed by atoms with van der Waals surface area (Å²) in [5.74, 6) is 0.704. The lowest BCUT2D eigenvalue weighted by Gasteiger charge is -2.35. The molecule has 1 aliphatic heterocycles. The third kappa shape index (κ3) is 3.63. The predicted octanol–water partition coefficient (Wildman–Crippen LogP) is 0.217. The van der Waals surface area contributed by atoms with E-state index in [9.17, 15) is 0 Å². The van der Waals surface area contributed by atoms with Crippen LogP contribution < -0.4 is 5.73 Å². The van der Waals surface area contributed by atoms with Crippen LogP contribution >= 0.6 is 0 Å². The molecule has 1 saturated heterocycles. The molecule has 2 unspecified atom stereocenters. The van der Waals surface area contributed by atoms with Crippen molar-refractivity contribution in [2.24, 2.45) is 11.7 Å². The largest absolute Gasteiger partial charge is 0.326 e. The van der Waals surface area contributed by atoms with Crippen molar-refractivity contribution in [3.05, 3.63) is 0 Å². The molecule has 2 atom stereocenters. The molecule has 0 bridgehead atoms. The van der Waals surface area contributed by atoms with Crippen molar-refractivity contribution in [3.8, 4) is 0 Å². The molecular formula is C10H23N3. The molecule has 0 aliphatic carbocycles. The quantitative estimate of drug-likeness (QED) is 0.682. The second kappa shape index (κ2) is 4.94. The zero-order valence-corrected chi connectivity index (χ0v) is 9.16. The van der Waals surface area contributed by atoms with Crippen LogP contribution in [0.15, 0.2) is 0 Å². The van der Waals surface area contributed by atoms with Crippen molar-refractivity contribution in [2.75, 3.05) is 40.3 Å². The molecule has 0 radical (unpaired) electrons. The minimum atomic E-state index is 0.385. The van der Waals surface area contributed by atoms with Crippen LogP contribution in [0.3, 0.4) is 0 Å². The number of likely N-dealkylation sites (tertiary alicyclic amines) is 1. The second-order valence-electron chi connectivity index (χ2n) is 4.53. The summed E-state index contributed by atoms with van der Waals surface area (Å²) < 4.78 is 0. The van der Waals surface area contributed by atoms with Crippen LogP contribution in [0.2, 0.25) is 0 Å². The lowest BCUT2D eigenvalue weighted by molar-refractivity contribution is 0.157. The fourth-order valence-corrected chi connectivity index (χ4v) is 1.71. The highest BCUT2D eigenvalue weighted by Gasteiger charge is 2.22. The zero-order valence-electron chi connectivity index (χ0n) is 9.16. The van der Waals surface area contributed by atoms with Crippen molar-refractivity contribution in [1.29, 1.82) is 0 Å². The highest BCUT2D eigenvalue weighted by Crippen LogP contribution is 2.14. The van der Waals surface area contributed by atoms with Gasteiger partial charge in [-0.3, -0.25) is 0 Å². The van der Waals surface area contributed by atoms with E-state index in [1.54, 1.807) is 0 Å². The van der Waals surface area contributed by atoms with Gasteiger partial charge in [0.2, 0.25) is 0 Å². The Balaban J connectivity index is 2.21. The number of likely N-dealkylation sites (N-methyl/N-ethyl adjacent to an activating group) is 1. The molecule has 0 aromatic carbocycles. The van der Waals surface area contributed by atoms with Crippen molar-refractivity contribution in [3.63, 3.8) is 0 Å². The standard InChI is InChI=1S/C10H23N3/c1-9-4-5-13(8-10(9)11)7-6-12(2)3/h9-10H,4-8,11H2,1-3H3. The molecular weight excluding hydrogens is 162 g/mol. The maximum atomic E-state index is 6.02. The number of rotatable bonds is 3. The lowest BCUT2D eigenvalue weighted by atomic mass is 9.94. The molecule has 1 fully saturated rings. The molecule has 0 amide bonds. The average Bonchev–Trinajstić information content (AvgIpc) is 2.07. The molecule has 1 rings (SSSR count). The fraction of sp³-hybridized carbons (Fsp3) is 1.00. The van der Waals surface area contributed by atoms with Gasteiger partial charge < -0.3 is 15.5 Å². The molecule has 1 aliphatic rings. The summed E-state index contributed by atoms with van der Waals surface area (Å²) in [5.41, 5.74) is 6.02. The highest BCUT2D eigenvalue weighted by atomic mass is 15.2. The van der Waals surface area contributed by atoms with E-state index in [4.69, 9.17) is 5.73 Å². The van der Waals surface area contributed by atoms with E-state index in [2.05, 4.69) is 30.8 Å². The van der Waals surface area contributed by atoms with E-state index in [-0.39, 0.29) is 0 Å². The van der Waals surface area contributed by atoms with E-state index in [0.29, 0.717) is 12.0 Å². The Hall–Kier alpha value is -0.120. The lowest BCUT2D eigenvalue weighted by Crippen LogP contribution is -2.49. The van der Waals surface area contributed by atoms with Gasteiger partial charge in [0.15, 0.2) is 0 Å². The van der Waals surface area contributed by atoms with Crippen molar-refractivity contribution in [2.45, 2.75) is 19.4 Å². The van der Waals surface area contributed by atoms with Crippen molar-refractivity contribution < 1.29 is 0 Å². The van der Waals surface area contributed by atoms with Gasteiger partial charge in [0.05, 0.1) is 0 Å². The average molecular weight is 185 g/mol. The molecule has 1 heterocycles. The van der Waals surface area contributed by atoms with Crippen LogP contribution in [0.4, 0.5) is 0 Å². The summed E-state index contributed by atoms with van der Waals surface area (Å²) in [7, 11) is 4.24. The van der Waals surface area contributed by atoms with Gasteiger partial charge >= 0.3 is 0 Å². The molecule has 0 aromatic heterocycles. The molecule has 0 saturated carbocycles. The Kier molecular flexibility index (Phi) is 4.16. The first-order valence-corrected chi connectivity index (χ1v) is 5.22. The topological polar surface area (TPSA) is 32.5 Å². The molecule has 0 aromatic rings. The van der Waals surface area contributed by atoms with E-state index in [0.717, 1.165) is 19.6 Å². The van der Waals surface area contributed by atoms with Gasteiger partial charge in [0, 0.05) is 25.7 Å². The van der Waals surface area contributed by atoms with Gasteiger partial charge in [-0.25, -0.2) is 0 Å². The van der Waals surface area contributed by atoms with Gasteiger partial charge in [-0.1, -0.05) is 6.92 Å². The number of hydrogen-bond donors (Lipinski definition) is 1. The number of nitrogens with zero attached hydrogens (tertiary/aromatic N) is 2. The van der Waals surface area contributed by atoms with Crippen LogP contribution in [0.25, 0.3) is 0 Å². The van der Waals surface area contributed by atoms with Gasteiger partial charge in [-0.15, -0.1) is 0 Å². The third-order valence-corrected chi connectivity index (χ3v) is 2.96. The predicted molar refractivity (Wildman–Crippen MR) is 56.8 cm³/mol. The molecule has 78 valence electrons. The third-order valence-electron chi connectivity index (χ3n) is 2.96. The zero-order chi connectivity index (χ0) is 9.84. The summed E-state index contributed by atoms with van der Waals surface area (Å²) in [6, 6.07) is 0.385. The van der Waals surface area contributed by atoms with Crippen molar-refractivity contribution >= 4 is 0 Å². The van der Waals surface area contributed by atoms with E-state index in [1.807, 2.05) is 0 Å². The van der Waals surface area contributed by atoms with Crippen LogP contribution in [0.5, 0.6) is 0 Å². The number of piperidine rings is 1. The normalized spacial score (nSPS) is 31.2. The van der Waals surface area contributed by atoms with Crippen molar-refractivity contribution in [1.82, 2.24) is 9.80 Å². The fourth-order valence-electron chi connectivity index (χ4n) is 1.71. The number of hydrogen-bond acceptors (Lipinski definition) is 3. The molecule has 0 spiro atoms. The summed E-state index contributed by atoms with van der Waals surface area (Å²) in [5, 5.41) is 0. The number of nitrogens with two attached hydrogens (primary N) is 1. The second-order valence-corrected chi connectivity index (χ2v) is 4.53. The van der Waals surface area contributed by atoms with Gasteiger partial charge in [-0.2, -0.15) is 0 Å². The first kappa shape index (κ1) is 11.0. The van der Waals surface area contributed by atoms with Crippen LogP contribution in [0, 0.1) is 5.92 Å². The summed E-state index contributed by atoms with van der Waals surface area (Å²) in [4.78, 5) is 4.70. The SMILES string of the molecule is CC1CCN(CCN(C)C)CC1N. The summed E-state index contributed by atoms with van der Waals surface area (Å²) >= 11 is 0. The first-order chi connectivity index (χ1) is 6.09. The highest BCUT2D eigenvalue weighted by molar-refractivity contribution is 4.80. The Labute approximate surface area is 81.9 Å². The van der Waals surface area contributed by atoms with Crippen LogP contribution in [-0.2, 0) is 0 Å². The maximum Gasteiger partial charge on any atom is 0.0194 e. The minimum absolute atomic E-state index is 0.385.